The summed E-state index contributed by atoms with van der Waals surface area (Å²) in [6.07, 6.45) is 1.44. The molecule has 0 saturated carbocycles. The van der Waals surface area contributed by atoms with Gasteiger partial charge in [0.15, 0.2) is 0 Å². The normalized spacial score (nSPS) is 10.6. The third-order valence-electron chi connectivity index (χ3n) is 3.08. The molecule has 104 valence electrons. The standard InChI is InChI=1S/C16H10ClFN2O/c17-10-5-8-15(19-9-10)20-16(21)13-6-7-14(18)12-4-2-1-3-11(12)13/h1-9H,(H,19,20,21). The van der Waals surface area contributed by atoms with Crippen molar-refractivity contribution in [3.05, 3.63) is 71.1 Å². The number of fused-ring (bicyclic) bond motifs is 1. The van der Waals surface area contributed by atoms with E-state index >= 15 is 0 Å². The van der Waals surface area contributed by atoms with Gasteiger partial charge in [0, 0.05) is 17.1 Å². The van der Waals surface area contributed by atoms with Crippen molar-refractivity contribution < 1.29 is 9.18 Å². The maximum atomic E-state index is 13.7. The number of carbonyl (C=O) groups is 1. The van der Waals surface area contributed by atoms with Crippen LogP contribution in [0.1, 0.15) is 10.4 Å². The molecule has 1 aromatic heterocycles. The predicted molar refractivity (Wildman–Crippen MR) is 81.1 cm³/mol. The highest BCUT2D eigenvalue weighted by Gasteiger charge is 2.12. The van der Waals surface area contributed by atoms with Crippen LogP contribution in [0.4, 0.5) is 10.2 Å². The average molecular weight is 301 g/mol. The molecule has 5 heteroatoms. The molecular formula is C16H10ClFN2O. The number of carbonyl (C=O) groups excluding carboxylic acids is 1. The first-order chi connectivity index (χ1) is 10.1. The Bertz CT molecular complexity index is 818. The van der Waals surface area contributed by atoms with E-state index in [-0.39, 0.29) is 11.7 Å². The van der Waals surface area contributed by atoms with E-state index in [1.165, 1.54) is 18.3 Å². The maximum absolute atomic E-state index is 13.7. The largest absolute Gasteiger partial charge is 0.307 e. The van der Waals surface area contributed by atoms with E-state index in [1.54, 1.807) is 36.4 Å². The summed E-state index contributed by atoms with van der Waals surface area (Å²) < 4.78 is 13.7. The molecule has 2 aromatic carbocycles. The zero-order chi connectivity index (χ0) is 14.8. The lowest BCUT2D eigenvalue weighted by atomic mass is 10.0. The van der Waals surface area contributed by atoms with Crippen LogP contribution in [0.3, 0.4) is 0 Å². The highest BCUT2D eigenvalue weighted by Crippen LogP contribution is 2.22. The van der Waals surface area contributed by atoms with Gasteiger partial charge in [0.2, 0.25) is 0 Å². The molecule has 3 nitrogen and oxygen atoms in total. The van der Waals surface area contributed by atoms with Crippen LogP contribution in [0.2, 0.25) is 5.02 Å². The van der Waals surface area contributed by atoms with Crippen molar-refractivity contribution in [2.45, 2.75) is 0 Å². The number of benzene rings is 2. The van der Waals surface area contributed by atoms with Crippen LogP contribution in [0.25, 0.3) is 10.8 Å². The number of aromatic nitrogens is 1. The molecule has 0 aliphatic rings. The van der Waals surface area contributed by atoms with E-state index in [9.17, 15) is 9.18 Å². The van der Waals surface area contributed by atoms with Gasteiger partial charge in [-0.15, -0.1) is 0 Å². The highest BCUT2D eigenvalue weighted by molar-refractivity contribution is 6.30. The second kappa shape index (κ2) is 5.50. The lowest BCUT2D eigenvalue weighted by molar-refractivity contribution is 0.102. The van der Waals surface area contributed by atoms with Gasteiger partial charge in [0.05, 0.1) is 5.02 Å². The fraction of sp³-hybridized carbons (Fsp3) is 0. The van der Waals surface area contributed by atoms with Crippen LogP contribution in [-0.4, -0.2) is 10.9 Å². The number of anilines is 1. The summed E-state index contributed by atoms with van der Waals surface area (Å²) in [5.41, 5.74) is 0.392. The van der Waals surface area contributed by atoms with Crippen molar-refractivity contribution in [3.8, 4) is 0 Å². The summed E-state index contributed by atoms with van der Waals surface area (Å²) in [5, 5.41) is 4.12. The van der Waals surface area contributed by atoms with Crippen molar-refractivity contribution in [1.29, 1.82) is 0 Å². The Hall–Kier alpha value is -2.46. The van der Waals surface area contributed by atoms with Crippen LogP contribution < -0.4 is 5.32 Å². The maximum Gasteiger partial charge on any atom is 0.257 e. The van der Waals surface area contributed by atoms with E-state index in [2.05, 4.69) is 10.3 Å². The predicted octanol–water partition coefficient (Wildman–Crippen LogP) is 4.28. The average Bonchev–Trinajstić information content (AvgIpc) is 2.50. The first-order valence-corrected chi connectivity index (χ1v) is 6.63. The van der Waals surface area contributed by atoms with Crippen molar-refractivity contribution in [3.63, 3.8) is 0 Å². The third-order valence-corrected chi connectivity index (χ3v) is 3.31. The lowest BCUT2D eigenvalue weighted by Crippen LogP contribution is -2.13. The zero-order valence-corrected chi connectivity index (χ0v) is 11.6. The van der Waals surface area contributed by atoms with Gasteiger partial charge < -0.3 is 5.32 Å². The molecule has 0 atom stereocenters. The summed E-state index contributed by atoms with van der Waals surface area (Å²) in [7, 11) is 0. The molecular weight excluding hydrogens is 291 g/mol. The van der Waals surface area contributed by atoms with Gasteiger partial charge in [0.1, 0.15) is 11.6 Å². The molecule has 1 heterocycles. The molecule has 1 amide bonds. The van der Waals surface area contributed by atoms with Crippen LogP contribution in [0, 0.1) is 5.82 Å². The third kappa shape index (κ3) is 2.71. The summed E-state index contributed by atoms with van der Waals surface area (Å²) in [6, 6.07) is 12.8. The Balaban J connectivity index is 1.98. The second-order valence-electron chi connectivity index (χ2n) is 4.46. The van der Waals surface area contributed by atoms with E-state index in [1.807, 2.05) is 0 Å². The molecule has 0 radical (unpaired) electrons. The highest BCUT2D eigenvalue weighted by atomic mass is 35.5. The number of amides is 1. The first kappa shape index (κ1) is 13.5. The number of halogens is 2. The summed E-state index contributed by atoms with van der Waals surface area (Å²) in [5.74, 6) is -0.314. The monoisotopic (exact) mass is 300 g/mol. The molecule has 0 fully saturated rings. The fourth-order valence-corrected chi connectivity index (χ4v) is 2.21. The minimum atomic E-state index is -0.355. The summed E-state index contributed by atoms with van der Waals surface area (Å²) in [6.45, 7) is 0. The van der Waals surface area contributed by atoms with Crippen molar-refractivity contribution >= 4 is 34.1 Å². The lowest BCUT2D eigenvalue weighted by Gasteiger charge is -2.08. The van der Waals surface area contributed by atoms with Crippen LogP contribution in [0.5, 0.6) is 0 Å². The van der Waals surface area contributed by atoms with Gasteiger partial charge >= 0.3 is 0 Å². The topological polar surface area (TPSA) is 42.0 Å². The van der Waals surface area contributed by atoms with E-state index in [0.717, 1.165) is 0 Å². The Kier molecular flexibility index (Phi) is 3.54. The Morgan fingerprint density at radius 1 is 1.05 bits per heavy atom. The van der Waals surface area contributed by atoms with E-state index in [4.69, 9.17) is 11.6 Å². The minimum Gasteiger partial charge on any atom is -0.307 e. The van der Waals surface area contributed by atoms with E-state index < -0.39 is 0 Å². The van der Waals surface area contributed by atoms with Gasteiger partial charge in [-0.1, -0.05) is 35.9 Å². The molecule has 0 unspecified atom stereocenters. The molecule has 0 bridgehead atoms. The molecule has 3 aromatic rings. The Labute approximate surface area is 125 Å². The molecule has 0 aliphatic heterocycles. The van der Waals surface area contributed by atoms with Gasteiger partial charge in [-0.05, 0) is 29.7 Å². The molecule has 1 N–H and O–H groups in total. The van der Waals surface area contributed by atoms with Gasteiger partial charge in [0.25, 0.3) is 5.91 Å². The minimum absolute atomic E-state index is 0.346. The zero-order valence-electron chi connectivity index (χ0n) is 10.8. The first-order valence-electron chi connectivity index (χ1n) is 6.25. The quantitative estimate of drug-likeness (QED) is 0.767. The second-order valence-corrected chi connectivity index (χ2v) is 4.89. The van der Waals surface area contributed by atoms with Gasteiger partial charge in [-0.3, -0.25) is 4.79 Å². The van der Waals surface area contributed by atoms with Gasteiger partial charge in [-0.2, -0.15) is 0 Å². The Morgan fingerprint density at radius 2 is 1.81 bits per heavy atom. The number of hydrogen-bond donors (Lipinski definition) is 1. The molecule has 0 saturated heterocycles. The Morgan fingerprint density at radius 3 is 2.52 bits per heavy atom. The van der Waals surface area contributed by atoms with Crippen molar-refractivity contribution in [1.82, 2.24) is 4.98 Å². The van der Waals surface area contributed by atoms with Crippen molar-refractivity contribution in [2.24, 2.45) is 0 Å². The number of pyridine rings is 1. The van der Waals surface area contributed by atoms with Crippen LogP contribution >= 0.6 is 11.6 Å². The molecule has 0 aliphatic carbocycles. The van der Waals surface area contributed by atoms with Crippen LogP contribution in [-0.2, 0) is 0 Å². The number of nitrogens with zero attached hydrogens (tertiary/aromatic N) is 1. The fourth-order valence-electron chi connectivity index (χ4n) is 2.09. The number of hydrogen-bond acceptors (Lipinski definition) is 2. The molecule has 3 rings (SSSR count). The van der Waals surface area contributed by atoms with Crippen molar-refractivity contribution in [2.75, 3.05) is 5.32 Å². The molecule has 21 heavy (non-hydrogen) atoms. The number of rotatable bonds is 2. The number of nitrogens with one attached hydrogen (secondary N) is 1. The summed E-state index contributed by atoms with van der Waals surface area (Å²) in [4.78, 5) is 16.3. The smallest absolute Gasteiger partial charge is 0.257 e. The molecule has 0 spiro atoms. The van der Waals surface area contributed by atoms with Crippen LogP contribution in [0.15, 0.2) is 54.7 Å². The van der Waals surface area contributed by atoms with E-state index in [0.29, 0.717) is 27.2 Å². The summed E-state index contributed by atoms with van der Waals surface area (Å²) >= 11 is 5.74. The van der Waals surface area contributed by atoms with Gasteiger partial charge in [-0.25, -0.2) is 9.37 Å². The SMILES string of the molecule is O=C(Nc1ccc(Cl)cn1)c1ccc(F)c2ccccc12.